The third kappa shape index (κ3) is 5.85. The van der Waals surface area contributed by atoms with Crippen LogP contribution in [-0.2, 0) is 0 Å². The van der Waals surface area contributed by atoms with Crippen LogP contribution in [0, 0.1) is 0 Å². The first-order valence-electron chi connectivity index (χ1n) is 18.4. The van der Waals surface area contributed by atoms with Crippen molar-refractivity contribution in [3.63, 3.8) is 0 Å². The molecule has 0 unspecified atom stereocenters. The second-order valence-corrected chi connectivity index (χ2v) is 15.8. The van der Waals surface area contributed by atoms with E-state index in [0.717, 1.165) is 92.0 Å². The molecule has 4 aliphatic heterocycles. The zero-order valence-electron chi connectivity index (χ0n) is 28.8. The maximum atomic E-state index is 5.24. The molecular weight excluding hydrogens is 681 g/mol. The molecule has 0 saturated carbocycles. The molecule has 258 valence electrons. The van der Waals surface area contributed by atoms with Crippen molar-refractivity contribution in [2.45, 2.75) is 38.5 Å². The Morgan fingerprint density at radius 2 is 0.885 bits per heavy atom. The molecule has 0 atom stereocenters. The number of rotatable bonds is 6. The van der Waals surface area contributed by atoms with Gasteiger partial charge in [-0.15, -0.1) is 0 Å². The fourth-order valence-electron chi connectivity index (χ4n) is 7.80. The van der Waals surface area contributed by atoms with Crippen LogP contribution in [0.4, 0.5) is 21.6 Å². The minimum absolute atomic E-state index is 0.716. The lowest BCUT2D eigenvalue weighted by atomic mass is 10.0. The third-order valence-electron chi connectivity index (χ3n) is 10.4. The molecule has 10 heteroatoms. The quantitative estimate of drug-likeness (QED) is 0.179. The zero-order valence-corrected chi connectivity index (χ0v) is 30.4. The van der Waals surface area contributed by atoms with E-state index in [1.807, 2.05) is 24.3 Å². The molecule has 0 bridgehead atoms. The molecule has 0 aliphatic carbocycles. The number of aromatic nitrogens is 2. The standard InChI is InChI=1S/C42H38N8S2/c1-7-23-49(24-8-1)29-19-15-27(16-20-29)37-35-36(40(45-37)48-42-44-32-12-4-6-14-34(32)52-42)38(28-17-21-30(22-18-28)50-25-9-2-10-26-50)46-39(35)47-41-43-31-11-3-5-13-33(31)51-41/h3-6,11-22H,1-2,7-10,23-26H2,(H,44,45,48)(H,43,46,47). The SMILES string of the molecule is c1ccc2sc(/N=C3\NC(c4ccc(N5CCCCC5)cc4)=C4C3=C(c3ccc(N5CCCCC5)cc3)N/C4=N\c3nc4ccccc4s3)nc2c1. The average Bonchev–Trinajstić information content (AvgIpc) is 3.99. The van der Waals surface area contributed by atoms with E-state index in [9.17, 15) is 0 Å². The van der Waals surface area contributed by atoms with E-state index in [1.165, 1.54) is 49.9 Å². The molecule has 2 aromatic heterocycles. The molecule has 4 aromatic carbocycles. The molecule has 2 fully saturated rings. The van der Waals surface area contributed by atoms with Crippen LogP contribution in [0.25, 0.3) is 31.8 Å². The molecule has 0 amide bonds. The van der Waals surface area contributed by atoms with Crippen molar-refractivity contribution >= 4 is 87.8 Å². The zero-order chi connectivity index (χ0) is 34.4. The van der Waals surface area contributed by atoms with E-state index in [-0.39, 0.29) is 0 Å². The monoisotopic (exact) mass is 718 g/mol. The summed E-state index contributed by atoms with van der Waals surface area (Å²) in [5.74, 6) is 1.53. The number of piperidine rings is 2. The van der Waals surface area contributed by atoms with Gasteiger partial charge in [0.05, 0.1) is 43.0 Å². The van der Waals surface area contributed by atoms with E-state index in [2.05, 4.69) is 93.2 Å². The molecule has 4 aliphatic rings. The number of fused-ring (bicyclic) bond motifs is 3. The van der Waals surface area contributed by atoms with Crippen molar-refractivity contribution in [3.8, 4) is 0 Å². The van der Waals surface area contributed by atoms with Crippen LogP contribution in [-0.4, -0.2) is 47.8 Å². The van der Waals surface area contributed by atoms with Gasteiger partial charge in [-0.25, -0.2) is 20.0 Å². The molecule has 8 nitrogen and oxygen atoms in total. The molecule has 10 rings (SSSR count). The molecular formula is C42H38N8S2. The average molecular weight is 719 g/mol. The summed E-state index contributed by atoms with van der Waals surface area (Å²) in [6.45, 7) is 4.45. The number of hydrogen-bond donors (Lipinski definition) is 2. The Bertz CT molecular complexity index is 2180. The topological polar surface area (TPSA) is 81.0 Å². The predicted octanol–water partition coefficient (Wildman–Crippen LogP) is 9.68. The van der Waals surface area contributed by atoms with Crippen LogP contribution < -0.4 is 20.4 Å². The maximum absolute atomic E-state index is 5.24. The smallest absolute Gasteiger partial charge is 0.212 e. The van der Waals surface area contributed by atoms with E-state index in [1.54, 1.807) is 22.7 Å². The number of nitrogens with zero attached hydrogens (tertiary/aromatic N) is 6. The van der Waals surface area contributed by atoms with E-state index < -0.39 is 0 Å². The van der Waals surface area contributed by atoms with Gasteiger partial charge in [0.2, 0.25) is 10.3 Å². The summed E-state index contributed by atoms with van der Waals surface area (Å²) in [4.78, 5) is 25.3. The van der Waals surface area contributed by atoms with Crippen LogP contribution in [0.2, 0.25) is 0 Å². The molecule has 6 aromatic rings. The number of benzene rings is 4. The van der Waals surface area contributed by atoms with Gasteiger partial charge in [-0.2, -0.15) is 0 Å². The van der Waals surface area contributed by atoms with Crippen molar-refractivity contribution in [2.75, 3.05) is 36.0 Å². The van der Waals surface area contributed by atoms with E-state index >= 15 is 0 Å². The lowest BCUT2D eigenvalue weighted by molar-refractivity contribution is 0.578. The van der Waals surface area contributed by atoms with Crippen LogP contribution in [0.3, 0.4) is 0 Å². The van der Waals surface area contributed by atoms with Crippen LogP contribution in [0.5, 0.6) is 0 Å². The van der Waals surface area contributed by atoms with Crippen LogP contribution in [0.15, 0.2) is 118 Å². The van der Waals surface area contributed by atoms with Crippen molar-refractivity contribution in [2.24, 2.45) is 9.98 Å². The van der Waals surface area contributed by atoms with Gasteiger partial charge in [-0.1, -0.05) is 71.2 Å². The maximum Gasteiger partial charge on any atom is 0.212 e. The first-order valence-corrected chi connectivity index (χ1v) is 20.0. The van der Waals surface area contributed by atoms with Gasteiger partial charge in [0, 0.05) is 37.6 Å². The number of para-hydroxylation sites is 2. The summed E-state index contributed by atoms with van der Waals surface area (Å²) in [6.07, 6.45) is 7.62. The minimum Gasteiger partial charge on any atom is -0.372 e. The lowest BCUT2D eigenvalue weighted by Gasteiger charge is -2.29. The van der Waals surface area contributed by atoms with Crippen LogP contribution in [0.1, 0.15) is 49.7 Å². The summed E-state index contributed by atoms with van der Waals surface area (Å²) < 4.78 is 2.23. The summed E-state index contributed by atoms with van der Waals surface area (Å²) >= 11 is 3.21. The number of amidine groups is 2. The summed E-state index contributed by atoms with van der Waals surface area (Å²) in [5.41, 5.74) is 10.6. The van der Waals surface area contributed by atoms with Gasteiger partial charge in [-0.05, 0) is 98.2 Å². The van der Waals surface area contributed by atoms with Gasteiger partial charge < -0.3 is 20.4 Å². The molecule has 0 radical (unpaired) electrons. The highest BCUT2D eigenvalue weighted by atomic mass is 32.1. The fourth-order valence-corrected chi connectivity index (χ4v) is 9.49. The molecule has 2 saturated heterocycles. The van der Waals surface area contributed by atoms with Crippen molar-refractivity contribution in [1.82, 2.24) is 20.6 Å². The van der Waals surface area contributed by atoms with Gasteiger partial charge in [0.1, 0.15) is 11.7 Å². The highest BCUT2D eigenvalue weighted by Crippen LogP contribution is 2.42. The number of anilines is 2. The summed E-state index contributed by atoms with van der Waals surface area (Å²) in [6, 6.07) is 34.4. The second-order valence-electron chi connectivity index (χ2n) is 13.8. The van der Waals surface area contributed by atoms with Gasteiger partial charge in [-0.3, -0.25) is 0 Å². The largest absolute Gasteiger partial charge is 0.372 e. The lowest BCUT2D eigenvalue weighted by Crippen LogP contribution is -2.29. The first kappa shape index (κ1) is 31.4. The predicted molar refractivity (Wildman–Crippen MR) is 219 cm³/mol. The summed E-state index contributed by atoms with van der Waals surface area (Å²) in [7, 11) is 0. The Balaban J connectivity index is 1.13. The molecule has 0 spiro atoms. The van der Waals surface area contributed by atoms with Crippen LogP contribution >= 0.6 is 22.7 Å². The fraction of sp³-hybridized carbons (Fsp3) is 0.238. The number of aliphatic imine (C=N–C) groups is 2. The number of nitrogens with one attached hydrogen (secondary N) is 2. The Labute approximate surface area is 311 Å². The number of thiazole rings is 2. The van der Waals surface area contributed by atoms with Gasteiger partial charge >= 0.3 is 0 Å². The van der Waals surface area contributed by atoms with Crippen molar-refractivity contribution in [3.05, 3.63) is 119 Å². The normalized spacial score (nSPS) is 19.3. The number of hydrogen-bond acceptors (Lipinski definition) is 8. The minimum atomic E-state index is 0.716. The molecule has 6 heterocycles. The Hall–Kier alpha value is -5.32. The highest BCUT2D eigenvalue weighted by Gasteiger charge is 2.39. The molecule has 2 N–H and O–H groups in total. The highest BCUT2D eigenvalue weighted by molar-refractivity contribution is 7.22. The third-order valence-corrected chi connectivity index (χ3v) is 12.3. The van der Waals surface area contributed by atoms with Gasteiger partial charge in [0.15, 0.2) is 0 Å². The van der Waals surface area contributed by atoms with E-state index in [4.69, 9.17) is 20.0 Å². The molecule has 52 heavy (non-hydrogen) atoms. The Kier molecular flexibility index (Phi) is 8.06. The van der Waals surface area contributed by atoms with Crippen molar-refractivity contribution < 1.29 is 0 Å². The second kappa shape index (κ2) is 13.3. The Morgan fingerprint density at radius 3 is 1.29 bits per heavy atom. The van der Waals surface area contributed by atoms with E-state index in [0.29, 0.717) is 10.3 Å². The van der Waals surface area contributed by atoms with Crippen molar-refractivity contribution in [1.29, 1.82) is 0 Å². The summed E-state index contributed by atoms with van der Waals surface area (Å²) in [5, 5.41) is 9.00. The Morgan fingerprint density at radius 1 is 0.481 bits per heavy atom. The first-order chi connectivity index (χ1) is 25.7. The van der Waals surface area contributed by atoms with Gasteiger partial charge in [0.25, 0.3) is 0 Å².